The molecule has 1 aromatic heterocycles. The number of rotatable bonds is 5. The van der Waals surface area contributed by atoms with Crippen molar-refractivity contribution in [1.82, 2.24) is 20.8 Å². The van der Waals surface area contributed by atoms with Gasteiger partial charge in [-0.15, -0.1) is 0 Å². The highest BCUT2D eigenvalue weighted by Crippen LogP contribution is 2.29. The largest absolute Gasteiger partial charge is 0.368 e. The highest BCUT2D eigenvalue weighted by molar-refractivity contribution is 5.90. The fourth-order valence-electron chi connectivity index (χ4n) is 2.58. The summed E-state index contributed by atoms with van der Waals surface area (Å²) in [6.45, 7) is 5.65. The molecule has 0 spiro atoms. The van der Waals surface area contributed by atoms with E-state index in [9.17, 15) is 9.59 Å². The maximum atomic E-state index is 12.1. The quantitative estimate of drug-likeness (QED) is 0.757. The lowest BCUT2D eigenvalue weighted by atomic mass is 9.97. The Labute approximate surface area is 129 Å². The Balaban J connectivity index is 1.97. The number of carbonyl (C=O) groups is 2. The lowest BCUT2D eigenvalue weighted by Crippen LogP contribution is -2.58. The highest BCUT2D eigenvalue weighted by Gasteiger charge is 2.41. The van der Waals surface area contributed by atoms with Crippen LogP contribution in [0.2, 0.25) is 0 Å². The van der Waals surface area contributed by atoms with Crippen molar-refractivity contribution in [3.05, 3.63) is 11.7 Å². The van der Waals surface area contributed by atoms with Gasteiger partial charge in [0.1, 0.15) is 11.6 Å². The number of amides is 3. The molecule has 0 bridgehead atoms. The number of nitrogens with two attached hydrogens (primary N) is 1. The van der Waals surface area contributed by atoms with Gasteiger partial charge in [0.2, 0.25) is 11.8 Å². The Bertz CT molecular complexity index is 548. The van der Waals surface area contributed by atoms with E-state index in [0.29, 0.717) is 24.6 Å². The minimum Gasteiger partial charge on any atom is -0.368 e. The second kappa shape index (κ2) is 6.33. The summed E-state index contributed by atoms with van der Waals surface area (Å²) in [5, 5.41) is 9.27. The van der Waals surface area contributed by atoms with Crippen LogP contribution in [-0.4, -0.2) is 27.6 Å². The average molecular weight is 309 g/mol. The molecule has 1 saturated carbocycles. The molecule has 1 atom stereocenters. The van der Waals surface area contributed by atoms with Crippen LogP contribution in [0.15, 0.2) is 4.52 Å². The van der Waals surface area contributed by atoms with Crippen LogP contribution < -0.4 is 16.4 Å². The van der Waals surface area contributed by atoms with Crippen LogP contribution in [0.3, 0.4) is 0 Å². The molecule has 2 rings (SSSR count). The summed E-state index contributed by atoms with van der Waals surface area (Å²) in [7, 11) is 0. The van der Waals surface area contributed by atoms with E-state index in [-0.39, 0.29) is 5.92 Å². The molecule has 0 unspecified atom stereocenters. The molecule has 1 aliphatic carbocycles. The van der Waals surface area contributed by atoms with Crippen molar-refractivity contribution in [3.8, 4) is 0 Å². The molecule has 8 heteroatoms. The van der Waals surface area contributed by atoms with Crippen LogP contribution in [-0.2, 0) is 4.79 Å². The summed E-state index contributed by atoms with van der Waals surface area (Å²) in [6, 6.07) is -0.913. The van der Waals surface area contributed by atoms with E-state index in [1.807, 2.05) is 13.8 Å². The molecule has 4 N–H and O–H groups in total. The molecule has 0 aliphatic heterocycles. The van der Waals surface area contributed by atoms with Gasteiger partial charge in [0.25, 0.3) is 0 Å². The molecular formula is C14H23N5O3. The summed E-state index contributed by atoms with van der Waals surface area (Å²) in [4.78, 5) is 28.0. The minimum absolute atomic E-state index is 0.148. The Morgan fingerprint density at radius 3 is 2.41 bits per heavy atom. The van der Waals surface area contributed by atoms with Crippen molar-refractivity contribution in [3.63, 3.8) is 0 Å². The first-order valence-electron chi connectivity index (χ1n) is 7.56. The number of carbonyl (C=O) groups excluding carboxylic acids is 2. The van der Waals surface area contributed by atoms with Gasteiger partial charge < -0.3 is 20.9 Å². The van der Waals surface area contributed by atoms with Crippen LogP contribution in [0.4, 0.5) is 4.79 Å². The number of nitrogens with zero attached hydrogens (tertiary/aromatic N) is 2. The van der Waals surface area contributed by atoms with Crippen molar-refractivity contribution in [2.45, 2.75) is 64.0 Å². The van der Waals surface area contributed by atoms with Crippen LogP contribution >= 0.6 is 0 Å². The van der Waals surface area contributed by atoms with Crippen LogP contribution in [0.5, 0.6) is 0 Å². The molecule has 1 fully saturated rings. The maximum absolute atomic E-state index is 12.1. The van der Waals surface area contributed by atoms with Gasteiger partial charge in [-0.1, -0.05) is 31.8 Å². The molecule has 3 amide bonds. The first-order valence-corrected chi connectivity index (χ1v) is 7.56. The molecular weight excluding hydrogens is 286 g/mol. The first kappa shape index (κ1) is 16.3. The lowest BCUT2D eigenvalue weighted by molar-refractivity contribution is -0.123. The molecule has 22 heavy (non-hydrogen) atoms. The van der Waals surface area contributed by atoms with Gasteiger partial charge in [0, 0.05) is 5.92 Å². The van der Waals surface area contributed by atoms with E-state index in [4.69, 9.17) is 10.3 Å². The molecule has 0 radical (unpaired) electrons. The van der Waals surface area contributed by atoms with Crippen LogP contribution in [0, 0.1) is 0 Å². The van der Waals surface area contributed by atoms with Crippen molar-refractivity contribution in [1.29, 1.82) is 0 Å². The van der Waals surface area contributed by atoms with Crippen molar-refractivity contribution in [2.75, 3.05) is 0 Å². The normalized spacial score (nSPS) is 18.2. The topological polar surface area (TPSA) is 123 Å². The monoisotopic (exact) mass is 309 g/mol. The van der Waals surface area contributed by atoms with E-state index in [0.717, 1.165) is 12.8 Å². The van der Waals surface area contributed by atoms with Gasteiger partial charge >= 0.3 is 6.03 Å². The second-order valence-electron chi connectivity index (χ2n) is 6.12. The predicted molar refractivity (Wildman–Crippen MR) is 78.9 cm³/mol. The average Bonchev–Trinajstić information content (AvgIpc) is 3.07. The van der Waals surface area contributed by atoms with E-state index in [1.165, 1.54) is 0 Å². The number of hydrogen-bond donors (Lipinski definition) is 3. The van der Waals surface area contributed by atoms with Crippen molar-refractivity contribution < 1.29 is 14.1 Å². The summed E-state index contributed by atoms with van der Waals surface area (Å²) < 4.78 is 5.14. The number of primary amides is 1. The number of hydrogen-bond acceptors (Lipinski definition) is 5. The predicted octanol–water partition coefficient (Wildman–Crippen LogP) is 1.35. The third kappa shape index (κ3) is 3.37. The van der Waals surface area contributed by atoms with Gasteiger partial charge in [-0.25, -0.2) is 4.79 Å². The highest BCUT2D eigenvalue weighted by atomic mass is 16.5. The van der Waals surface area contributed by atoms with Gasteiger partial charge in [0.15, 0.2) is 5.82 Å². The number of aromatic nitrogens is 2. The molecule has 0 aromatic carbocycles. The summed E-state index contributed by atoms with van der Waals surface area (Å²) in [6.07, 6.45) is 2.89. The second-order valence-corrected chi connectivity index (χ2v) is 6.12. The molecule has 0 saturated heterocycles. The molecule has 122 valence electrons. The van der Waals surface area contributed by atoms with Crippen molar-refractivity contribution in [2.24, 2.45) is 5.73 Å². The Morgan fingerprint density at radius 2 is 1.91 bits per heavy atom. The fourth-order valence-corrected chi connectivity index (χ4v) is 2.58. The van der Waals surface area contributed by atoms with Crippen LogP contribution in [0.1, 0.15) is 70.1 Å². The summed E-state index contributed by atoms with van der Waals surface area (Å²) >= 11 is 0. The summed E-state index contributed by atoms with van der Waals surface area (Å²) in [5.41, 5.74) is 4.49. The van der Waals surface area contributed by atoms with Gasteiger partial charge in [-0.3, -0.25) is 4.79 Å². The minimum atomic E-state index is -0.943. The van der Waals surface area contributed by atoms with Gasteiger partial charge in [-0.05, 0) is 19.8 Å². The van der Waals surface area contributed by atoms with E-state index >= 15 is 0 Å². The fraction of sp³-hybridized carbons (Fsp3) is 0.714. The first-order chi connectivity index (χ1) is 10.3. The third-order valence-corrected chi connectivity index (χ3v) is 3.97. The Morgan fingerprint density at radius 1 is 1.27 bits per heavy atom. The van der Waals surface area contributed by atoms with E-state index in [2.05, 4.69) is 20.8 Å². The number of nitrogens with one attached hydrogen (secondary N) is 2. The van der Waals surface area contributed by atoms with Crippen LogP contribution in [0.25, 0.3) is 0 Å². The molecule has 1 aromatic rings. The third-order valence-electron chi connectivity index (χ3n) is 3.97. The zero-order valence-corrected chi connectivity index (χ0v) is 13.2. The van der Waals surface area contributed by atoms with Crippen molar-refractivity contribution >= 4 is 11.9 Å². The summed E-state index contributed by atoms with van der Waals surface area (Å²) in [5.74, 6) is 0.578. The zero-order valence-electron chi connectivity index (χ0n) is 13.2. The van der Waals surface area contributed by atoms with Gasteiger partial charge in [-0.2, -0.15) is 4.98 Å². The standard InChI is InChI=1S/C14H23N5O3/c1-8(2)10-17-11(22-19-10)9(3)16-13(21)18-14(12(15)20)6-4-5-7-14/h8-9H,4-7H2,1-3H3,(H2,15,20)(H2,16,18,21)/t9-/m0/s1. The zero-order chi connectivity index (χ0) is 16.3. The molecule has 1 heterocycles. The molecule has 1 aliphatic rings. The smallest absolute Gasteiger partial charge is 0.316 e. The maximum Gasteiger partial charge on any atom is 0.316 e. The Hall–Kier alpha value is -2.12. The number of urea groups is 1. The van der Waals surface area contributed by atoms with E-state index < -0.39 is 23.5 Å². The Kier molecular flexibility index (Phi) is 4.68. The van der Waals surface area contributed by atoms with E-state index in [1.54, 1.807) is 6.92 Å². The van der Waals surface area contributed by atoms with Gasteiger partial charge in [0.05, 0.1) is 0 Å². The lowest BCUT2D eigenvalue weighted by Gasteiger charge is -2.27. The SMILES string of the molecule is CC(C)c1noc([C@H](C)NC(=O)NC2(C(N)=O)CCCC2)n1. The molecule has 8 nitrogen and oxygen atoms in total.